The molecule has 3 rings (SSSR count). The fourth-order valence-corrected chi connectivity index (χ4v) is 4.00. The zero-order valence-electron chi connectivity index (χ0n) is 14.6. The lowest BCUT2D eigenvalue weighted by Crippen LogP contribution is -2.36. The van der Waals surface area contributed by atoms with Gasteiger partial charge in [0.05, 0.1) is 10.2 Å². The summed E-state index contributed by atoms with van der Waals surface area (Å²) < 4.78 is 1.11. The topological polar surface area (TPSA) is 36.4 Å². The smallest absolute Gasteiger partial charge is 0.260 e. The van der Waals surface area contributed by atoms with E-state index in [0.717, 1.165) is 21.9 Å². The third kappa shape index (κ3) is 4.21. The summed E-state index contributed by atoms with van der Waals surface area (Å²) in [5.41, 5.74) is 1.62. The lowest BCUT2D eigenvalue weighted by Gasteiger charge is -2.22. The van der Waals surface area contributed by atoms with Gasteiger partial charge in [0.2, 0.25) is 0 Å². The zero-order valence-corrected chi connectivity index (χ0v) is 16.2. The van der Waals surface area contributed by atoms with Crippen LogP contribution in [0.1, 0.15) is 10.4 Å². The van der Waals surface area contributed by atoms with Crippen molar-refractivity contribution in [2.75, 3.05) is 38.3 Å². The lowest BCUT2D eigenvalue weighted by molar-refractivity contribution is 0.0985. The molecule has 0 aliphatic carbocycles. The van der Waals surface area contributed by atoms with Crippen molar-refractivity contribution in [1.29, 1.82) is 0 Å². The molecule has 2 aromatic carbocycles. The van der Waals surface area contributed by atoms with Gasteiger partial charge >= 0.3 is 0 Å². The number of thioether (sulfide) groups is 1. The Morgan fingerprint density at radius 3 is 2.56 bits per heavy atom. The average Bonchev–Trinajstić information content (AvgIpc) is 3.04. The van der Waals surface area contributed by atoms with Crippen molar-refractivity contribution < 1.29 is 4.79 Å². The third-order valence-electron chi connectivity index (χ3n) is 3.85. The van der Waals surface area contributed by atoms with Crippen LogP contribution in [0.4, 0.5) is 5.13 Å². The summed E-state index contributed by atoms with van der Waals surface area (Å²) in [4.78, 5) is 22.8. The summed E-state index contributed by atoms with van der Waals surface area (Å²) in [6.07, 6.45) is 2.06. The molecule has 1 aromatic heterocycles. The summed E-state index contributed by atoms with van der Waals surface area (Å²) >= 11 is 3.28. The second-order valence-corrected chi connectivity index (χ2v) is 7.84. The molecular weight excluding hydrogens is 350 g/mol. The Morgan fingerprint density at radius 2 is 1.88 bits per heavy atom. The molecule has 0 unspecified atom stereocenters. The van der Waals surface area contributed by atoms with Gasteiger partial charge in [-0.1, -0.05) is 29.5 Å². The molecule has 25 heavy (non-hydrogen) atoms. The highest BCUT2D eigenvalue weighted by Crippen LogP contribution is 2.32. The van der Waals surface area contributed by atoms with Crippen molar-refractivity contribution in [1.82, 2.24) is 9.88 Å². The van der Waals surface area contributed by atoms with Crippen LogP contribution in [0.25, 0.3) is 10.2 Å². The van der Waals surface area contributed by atoms with Crippen LogP contribution in [0, 0.1) is 0 Å². The second kappa shape index (κ2) is 7.99. The molecule has 0 fully saturated rings. The fraction of sp³-hybridized carbons (Fsp3) is 0.263. The minimum Gasteiger partial charge on any atom is -0.308 e. The Labute approximate surface area is 156 Å². The van der Waals surface area contributed by atoms with Crippen molar-refractivity contribution in [2.45, 2.75) is 4.90 Å². The number of carbonyl (C=O) groups is 1. The van der Waals surface area contributed by atoms with Crippen LogP contribution in [0.5, 0.6) is 0 Å². The second-order valence-electron chi connectivity index (χ2n) is 5.96. The number of nitrogens with zero attached hydrogens (tertiary/aromatic N) is 3. The Bertz CT molecular complexity index is 861. The highest BCUT2D eigenvalue weighted by Gasteiger charge is 2.21. The molecule has 0 spiro atoms. The van der Waals surface area contributed by atoms with Crippen molar-refractivity contribution in [3.05, 3.63) is 54.1 Å². The van der Waals surface area contributed by atoms with E-state index in [1.54, 1.807) is 28.0 Å². The molecule has 0 aliphatic rings. The maximum atomic E-state index is 13.0. The van der Waals surface area contributed by atoms with E-state index < -0.39 is 0 Å². The van der Waals surface area contributed by atoms with Crippen LogP contribution in [-0.2, 0) is 0 Å². The Hall–Kier alpha value is -1.89. The first-order chi connectivity index (χ1) is 12.1. The van der Waals surface area contributed by atoms with E-state index in [4.69, 9.17) is 4.98 Å². The number of rotatable bonds is 6. The molecule has 0 saturated heterocycles. The van der Waals surface area contributed by atoms with Gasteiger partial charge in [-0.15, -0.1) is 11.8 Å². The van der Waals surface area contributed by atoms with Gasteiger partial charge in [0.15, 0.2) is 5.13 Å². The number of carbonyl (C=O) groups excluding carboxylic acids is 1. The normalized spacial score (nSPS) is 11.2. The fourth-order valence-electron chi connectivity index (χ4n) is 2.46. The molecule has 1 amide bonds. The molecule has 6 heteroatoms. The molecule has 3 aromatic rings. The van der Waals surface area contributed by atoms with Crippen molar-refractivity contribution in [3.63, 3.8) is 0 Å². The quantitative estimate of drug-likeness (QED) is 0.608. The van der Waals surface area contributed by atoms with Crippen LogP contribution in [0.3, 0.4) is 0 Å². The SMILES string of the molecule is CSc1ccc2nc(N(CCN(C)C)C(=O)c3ccccc3)sc2c1. The first-order valence-corrected chi connectivity index (χ1v) is 10.1. The maximum Gasteiger partial charge on any atom is 0.260 e. The van der Waals surface area contributed by atoms with Gasteiger partial charge in [0, 0.05) is 23.5 Å². The van der Waals surface area contributed by atoms with Crippen molar-refractivity contribution in [2.24, 2.45) is 0 Å². The molecule has 4 nitrogen and oxygen atoms in total. The number of amides is 1. The zero-order chi connectivity index (χ0) is 17.8. The molecule has 130 valence electrons. The van der Waals surface area contributed by atoms with Crippen LogP contribution >= 0.6 is 23.1 Å². The third-order valence-corrected chi connectivity index (χ3v) is 5.62. The van der Waals surface area contributed by atoms with Crippen LogP contribution in [0.2, 0.25) is 0 Å². The molecule has 0 radical (unpaired) electrons. The summed E-state index contributed by atoms with van der Waals surface area (Å²) in [6.45, 7) is 1.39. The van der Waals surface area contributed by atoms with Gasteiger partial charge in [-0.3, -0.25) is 9.69 Å². The molecule has 0 N–H and O–H groups in total. The Kier molecular flexibility index (Phi) is 5.73. The highest BCUT2D eigenvalue weighted by molar-refractivity contribution is 7.98. The number of thiazole rings is 1. The molecule has 0 atom stereocenters. The number of hydrogen-bond acceptors (Lipinski definition) is 5. The first-order valence-electron chi connectivity index (χ1n) is 8.04. The van der Waals surface area contributed by atoms with E-state index in [9.17, 15) is 4.79 Å². The number of aromatic nitrogens is 1. The van der Waals surface area contributed by atoms with E-state index >= 15 is 0 Å². The number of fused-ring (bicyclic) bond motifs is 1. The summed E-state index contributed by atoms with van der Waals surface area (Å²) in [5.74, 6) is -0.00778. The maximum absolute atomic E-state index is 13.0. The summed E-state index contributed by atoms with van der Waals surface area (Å²) in [6, 6.07) is 15.6. The van der Waals surface area contributed by atoms with Gasteiger partial charge in [0.1, 0.15) is 0 Å². The number of benzene rings is 2. The Morgan fingerprint density at radius 1 is 1.12 bits per heavy atom. The highest BCUT2D eigenvalue weighted by atomic mass is 32.2. The molecule has 0 bridgehead atoms. The minimum absolute atomic E-state index is 0.00778. The monoisotopic (exact) mass is 371 g/mol. The van der Waals surface area contributed by atoms with Crippen molar-refractivity contribution in [3.8, 4) is 0 Å². The van der Waals surface area contributed by atoms with Crippen LogP contribution in [-0.4, -0.2) is 49.2 Å². The molecule has 0 saturated carbocycles. The largest absolute Gasteiger partial charge is 0.308 e. The standard InChI is InChI=1S/C19H21N3OS2/c1-21(2)11-12-22(18(23)14-7-5-4-6-8-14)19-20-16-10-9-15(24-3)13-17(16)25-19/h4-10,13H,11-12H2,1-3H3. The number of anilines is 1. The summed E-state index contributed by atoms with van der Waals surface area (Å²) in [5, 5.41) is 0.754. The first kappa shape index (κ1) is 17.9. The van der Waals surface area contributed by atoms with Crippen molar-refractivity contribution >= 4 is 44.4 Å². The minimum atomic E-state index is -0.00778. The molecule has 0 aliphatic heterocycles. The van der Waals surface area contributed by atoms with Gasteiger partial charge in [-0.25, -0.2) is 4.98 Å². The van der Waals surface area contributed by atoms with E-state index in [-0.39, 0.29) is 5.91 Å². The van der Waals surface area contributed by atoms with Gasteiger partial charge in [-0.2, -0.15) is 0 Å². The predicted octanol–water partition coefficient (Wildman–Crippen LogP) is 4.23. The van der Waals surface area contributed by atoms with E-state index in [2.05, 4.69) is 23.3 Å². The van der Waals surface area contributed by atoms with Gasteiger partial charge in [-0.05, 0) is 50.7 Å². The summed E-state index contributed by atoms with van der Waals surface area (Å²) in [7, 11) is 4.02. The van der Waals surface area contributed by atoms with Gasteiger partial charge in [0.25, 0.3) is 5.91 Å². The average molecular weight is 372 g/mol. The van der Waals surface area contributed by atoms with E-state index in [1.165, 1.54) is 4.90 Å². The molecular formula is C19H21N3OS2. The van der Waals surface area contributed by atoms with Gasteiger partial charge < -0.3 is 4.90 Å². The van der Waals surface area contributed by atoms with E-state index in [1.807, 2.05) is 50.5 Å². The Balaban J connectivity index is 1.97. The molecule has 1 heterocycles. The lowest BCUT2D eigenvalue weighted by atomic mass is 10.2. The number of likely N-dealkylation sites (N-methyl/N-ethyl adjacent to an activating group) is 1. The van der Waals surface area contributed by atoms with Crippen LogP contribution in [0.15, 0.2) is 53.4 Å². The van der Waals surface area contributed by atoms with Crippen LogP contribution < -0.4 is 4.90 Å². The van der Waals surface area contributed by atoms with E-state index in [0.29, 0.717) is 12.1 Å². The predicted molar refractivity (Wildman–Crippen MR) is 108 cm³/mol. The number of hydrogen-bond donors (Lipinski definition) is 0.